The number of hydrogen-bond acceptors (Lipinski definition) is 2. The van der Waals surface area contributed by atoms with E-state index in [-0.39, 0.29) is 24.3 Å². The molecule has 0 fully saturated rings. The normalized spacial score (nSPS) is 14.2. The van der Waals surface area contributed by atoms with E-state index in [9.17, 15) is 14.0 Å². The van der Waals surface area contributed by atoms with Gasteiger partial charge >= 0.3 is 6.03 Å². The molecule has 194 valence electrons. The fraction of sp³-hybridized carbons (Fsp3) is 0.172. The molecule has 0 radical (unpaired) electrons. The Morgan fingerprint density at radius 3 is 2.37 bits per heavy atom. The smallest absolute Gasteiger partial charge is 0.316 e. The average molecular weight is 551 g/mol. The third-order valence-corrected chi connectivity index (χ3v) is 7.08. The van der Waals surface area contributed by atoms with Gasteiger partial charge in [0.25, 0.3) is 0 Å². The molecule has 6 nitrogen and oxygen atoms in total. The van der Waals surface area contributed by atoms with E-state index in [2.05, 4.69) is 5.32 Å². The summed E-state index contributed by atoms with van der Waals surface area (Å²) in [6, 6.07) is 21.1. The van der Waals surface area contributed by atoms with Crippen molar-refractivity contribution in [1.29, 1.82) is 0 Å². The predicted molar refractivity (Wildman–Crippen MR) is 149 cm³/mol. The first-order valence-electron chi connectivity index (χ1n) is 12.1. The second-order valence-electron chi connectivity index (χ2n) is 9.29. The maximum absolute atomic E-state index is 14.1. The second-order valence-corrected chi connectivity index (χ2v) is 10.1. The van der Waals surface area contributed by atoms with Gasteiger partial charge in [-0.1, -0.05) is 47.5 Å². The predicted octanol–water partition coefficient (Wildman–Crippen LogP) is 7.30. The highest BCUT2D eigenvalue weighted by molar-refractivity contribution is 6.36. The number of halogens is 3. The molecule has 0 saturated heterocycles. The lowest BCUT2D eigenvalue weighted by Crippen LogP contribution is -2.49. The highest BCUT2D eigenvalue weighted by Crippen LogP contribution is 2.42. The van der Waals surface area contributed by atoms with Crippen LogP contribution in [0.2, 0.25) is 10.0 Å². The molecule has 0 spiro atoms. The summed E-state index contributed by atoms with van der Waals surface area (Å²) in [6.45, 7) is 3.48. The van der Waals surface area contributed by atoms with Crippen LogP contribution >= 0.6 is 23.2 Å². The van der Waals surface area contributed by atoms with E-state index < -0.39 is 12.1 Å². The molecule has 2 heterocycles. The van der Waals surface area contributed by atoms with Gasteiger partial charge in [-0.15, -0.1) is 0 Å². The number of hydrogen-bond donors (Lipinski definition) is 1. The molecule has 9 heteroatoms. The lowest BCUT2D eigenvalue weighted by Gasteiger charge is -2.40. The first kappa shape index (κ1) is 25.8. The first-order chi connectivity index (χ1) is 18.2. The van der Waals surface area contributed by atoms with Crippen LogP contribution in [0, 0.1) is 5.82 Å². The molecule has 0 aliphatic carbocycles. The molecule has 4 aromatic rings. The molecule has 1 unspecified atom stereocenters. The molecule has 38 heavy (non-hydrogen) atoms. The molecule has 3 amide bonds. The largest absolute Gasteiger partial charge is 0.322 e. The van der Waals surface area contributed by atoms with Gasteiger partial charge in [0.2, 0.25) is 5.91 Å². The fourth-order valence-electron chi connectivity index (χ4n) is 4.71. The van der Waals surface area contributed by atoms with Crippen LogP contribution in [0.25, 0.3) is 5.69 Å². The van der Waals surface area contributed by atoms with Crippen LogP contribution < -0.4 is 10.2 Å². The summed E-state index contributed by atoms with van der Waals surface area (Å²) >= 11 is 12.2. The SMILES string of the molecule is CC(C)N(CC(=O)N1c2ccccc2-n2cccc2C1c1ccc(F)cc1)C(=O)Nc1ccc(Cl)cc1Cl. The van der Waals surface area contributed by atoms with Crippen LogP contribution in [0.5, 0.6) is 0 Å². The molecular weight excluding hydrogens is 526 g/mol. The van der Waals surface area contributed by atoms with Gasteiger partial charge in [-0.2, -0.15) is 0 Å². The lowest BCUT2D eigenvalue weighted by atomic mass is 9.97. The molecule has 1 atom stereocenters. The monoisotopic (exact) mass is 550 g/mol. The number of urea groups is 1. The summed E-state index contributed by atoms with van der Waals surface area (Å²) in [5, 5.41) is 3.53. The zero-order chi connectivity index (χ0) is 27.0. The van der Waals surface area contributed by atoms with Crippen LogP contribution in [0.3, 0.4) is 0 Å². The van der Waals surface area contributed by atoms with E-state index >= 15 is 0 Å². The van der Waals surface area contributed by atoms with Crippen LogP contribution in [0.15, 0.2) is 85.1 Å². The Labute approximate surface area is 230 Å². The topological polar surface area (TPSA) is 57.6 Å². The Hall–Kier alpha value is -3.81. The van der Waals surface area contributed by atoms with Crippen molar-refractivity contribution >= 4 is 46.5 Å². The Morgan fingerprint density at radius 1 is 0.974 bits per heavy atom. The van der Waals surface area contributed by atoms with Gasteiger partial charge in [0.1, 0.15) is 18.4 Å². The molecule has 0 bridgehead atoms. The van der Waals surface area contributed by atoms with Crippen LogP contribution in [0.4, 0.5) is 20.6 Å². The number of carbonyl (C=O) groups excluding carboxylic acids is 2. The number of fused-ring (bicyclic) bond motifs is 3. The van der Waals surface area contributed by atoms with Crippen molar-refractivity contribution in [3.63, 3.8) is 0 Å². The molecule has 0 saturated carbocycles. The van der Waals surface area contributed by atoms with Crippen molar-refractivity contribution in [3.05, 3.63) is 112 Å². The summed E-state index contributed by atoms with van der Waals surface area (Å²) in [5.41, 5.74) is 3.54. The van der Waals surface area contributed by atoms with Gasteiger partial charge in [0.15, 0.2) is 0 Å². The minimum Gasteiger partial charge on any atom is -0.316 e. The number of anilines is 2. The van der Waals surface area contributed by atoms with E-state index in [4.69, 9.17) is 23.2 Å². The first-order valence-corrected chi connectivity index (χ1v) is 12.9. The zero-order valence-corrected chi connectivity index (χ0v) is 22.2. The van der Waals surface area contributed by atoms with Gasteiger partial charge in [0.05, 0.1) is 27.8 Å². The standard InChI is InChI=1S/C29H25Cl2FN4O2/c1-18(2)35(29(38)33-23-14-11-20(30)16-22(23)31)17-27(37)36-25-7-4-3-6-24(25)34-15-5-8-26(34)28(36)19-9-12-21(32)13-10-19/h3-16,18,28H,17H2,1-2H3,(H,33,38). The van der Waals surface area contributed by atoms with E-state index in [0.29, 0.717) is 21.4 Å². The minimum absolute atomic E-state index is 0.193. The van der Waals surface area contributed by atoms with Crippen molar-refractivity contribution in [2.24, 2.45) is 0 Å². The molecule has 3 aromatic carbocycles. The lowest BCUT2D eigenvalue weighted by molar-refractivity contribution is -0.119. The summed E-state index contributed by atoms with van der Waals surface area (Å²) in [4.78, 5) is 30.6. The average Bonchev–Trinajstić information content (AvgIpc) is 3.38. The zero-order valence-electron chi connectivity index (χ0n) is 20.7. The summed E-state index contributed by atoms with van der Waals surface area (Å²) in [7, 11) is 0. The Morgan fingerprint density at radius 2 is 1.68 bits per heavy atom. The Bertz CT molecular complexity index is 1500. The summed E-state index contributed by atoms with van der Waals surface area (Å²) in [6.07, 6.45) is 1.94. The number of amides is 3. The molecule has 1 aliphatic heterocycles. The molecule has 1 N–H and O–H groups in total. The van der Waals surface area contributed by atoms with Crippen molar-refractivity contribution in [3.8, 4) is 5.69 Å². The number of rotatable bonds is 5. The Kier molecular flexibility index (Phi) is 7.15. The number of aromatic nitrogens is 1. The highest BCUT2D eigenvalue weighted by atomic mass is 35.5. The Balaban J connectivity index is 1.51. The van der Waals surface area contributed by atoms with Gasteiger partial charge in [-0.05, 0) is 74.0 Å². The maximum atomic E-state index is 14.1. The third-order valence-electron chi connectivity index (χ3n) is 6.54. The van der Waals surface area contributed by atoms with E-state index in [1.54, 1.807) is 29.2 Å². The van der Waals surface area contributed by atoms with Crippen molar-refractivity contribution < 1.29 is 14.0 Å². The van der Waals surface area contributed by atoms with Gasteiger partial charge in [-0.3, -0.25) is 9.69 Å². The van der Waals surface area contributed by atoms with E-state index in [1.165, 1.54) is 23.1 Å². The highest BCUT2D eigenvalue weighted by Gasteiger charge is 2.37. The van der Waals surface area contributed by atoms with Gasteiger partial charge in [-0.25, -0.2) is 9.18 Å². The fourth-order valence-corrected chi connectivity index (χ4v) is 5.17. The molecule has 1 aromatic heterocycles. The molecular formula is C29H25Cl2FN4O2. The van der Waals surface area contributed by atoms with Crippen molar-refractivity contribution in [2.75, 3.05) is 16.8 Å². The number of benzene rings is 3. The number of nitrogens with one attached hydrogen (secondary N) is 1. The van der Waals surface area contributed by atoms with E-state index in [0.717, 1.165) is 16.9 Å². The molecule has 5 rings (SSSR count). The van der Waals surface area contributed by atoms with Gasteiger partial charge < -0.3 is 14.8 Å². The number of carbonyl (C=O) groups is 2. The van der Waals surface area contributed by atoms with Crippen molar-refractivity contribution in [1.82, 2.24) is 9.47 Å². The van der Waals surface area contributed by atoms with Crippen molar-refractivity contribution in [2.45, 2.75) is 25.9 Å². The third kappa shape index (κ3) is 4.87. The number of nitrogens with zero attached hydrogens (tertiary/aromatic N) is 3. The summed E-state index contributed by atoms with van der Waals surface area (Å²) in [5.74, 6) is -0.646. The minimum atomic E-state index is -0.518. The van der Waals surface area contributed by atoms with Crippen LogP contribution in [0.1, 0.15) is 31.1 Å². The van der Waals surface area contributed by atoms with Crippen LogP contribution in [-0.2, 0) is 4.79 Å². The maximum Gasteiger partial charge on any atom is 0.322 e. The van der Waals surface area contributed by atoms with Crippen LogP contribution in [-0.4, -0.2) is 34.0 Å². The number of para-hydroxylation sites is 2. The molecule has 1 aliphatic rings. The van der Waals surface area contributed by atoms with Gasteiger partial charge in [0, 0.05) is 17.3 Å². The second kappa shape index (κ2) is 10.5. The summed E-state index contributed by atoms with van der Waals surface area (Å²) < 4.78 is 15.8. The quantitative estimate of drug-likeness (QED) is 0.283. The van der Waals surface area contributed by atoms with E-state index in [1.807, 2.05) is 61.0 Å².